The van der Waals surface area contributed by atoms with Gasteiger partial charge in [-0.05, 0) is 36.7 Å². The molecule has 4 rings (SSSR count). The number of ether oxygens (including phenoxy) is 1. The molecule has 2 aliphatic heterocycles. The molecule has 2 heterocycles. The molecule has 0 radical (unpaired) electrons. The third-order valence-electron chi connectivity index (χ3n) is 5.53. The molecule has 2 aliphatic rings. The lowest BCUT2D eigenvalue weighted by Gasteiger charge is -2.25. The molecule has 2 saturated heterocycles. The number of alkyl halides is 2. The summed E-state index contributed by atoms with van der Waals surface area (Å²) in [6.07, 6.45) is 1.85. The Balaban J connectivity index is 0.000000411. The molecule has 2 aromatic rings. The fourth-order valence-corrected chi connectivity index (χ4v) is 4.29. The number of benzene rings is 2. The summed E-state index contributed by atoms with van der Waals surface area (Å²) < 4.78 is 50.2. The maximum absolute atomic E-state index is 15.0. The molecule has 4 nitrogen and oxygen atoms in total. The molecule has 3 unspecified atom stereocenters. The number of aldehydes is 1. The first-order valence-corrected chi connectivity index (χ1v) is 11.7. The molecule has 0 amide bonds. The Hall–Kier alpha value is -1.58. The van der Waals surface area contributed by atoms with Crippen molar-refractivity contribution in [2.75, 3.05) is 20.2 Å². The number of halogens is 4. The first-order valence-electron chi connectivity index (χ1n) is 10.8. The van der Waals surface area contributed by atoms with Crippen LogP contribution in [-0.4, -0.2) is 55.5 Å². The molecule has 0 aliphatic carbocycles. The van der Waals surface area contributed by atoms with Crippen molar-refractivity contribution in [1.82, 2.24) is 9.62 Å². The second kappa shape index (κ2) is 12.8. The number of nitrogens with one attached hydrogen (secondary N) is 1. The summed E-state index contributed by atoms with van der Waals surface area (Å²) in [4.78, 5) is 11.2. The third kappa shape index (κ3) is 6.96. The highest BCUT2D eigenvalue weighted by Gasteiger charge is 2.52. The summed E-state index contributed by atoms with van der Waals surface area (Å²) in [6.45, 7) is 4.38. The van der Waals surface area contributed by atoms with E-state index in [-0.39, 0.29) is 19.1 Å². The van der Waals surface area contributed by atoms with Crippen molar-refractivity contribution in [3.63, 3.8) is 0 Å². The Kier molecular flexibility index (Phi) is 10.7. The van der Waals surface area contributed by atoms with Crippen LogP contribution in [0.15, 0.2) is 42.5 Å². The summed E-state index contributed by atoms with van der Waals surface area (Å²) in [5.74, 6) is -3.33. The van der Waals surface area contributed by atoms with Gasteiger partial charge in [-0.15, -0.1) is 0 Å². The van der Waals surface area contributed by atoms with Gasteiger partial charge in [0.2, 0.25) is 0 Å². The van der Waals surface area contributed by atoms with E-state index < -0.39 is 23.8 Å². The zero-order valence-corrected chi connectivity index (χ0v) is 20.6. The smallest absolute Gasteiger partial charge is 0.277 e. The van der Waals surface area contributed by atoms with Crippen LogP contribution in [0.5, 0.6) is 0 Å². The van der Waals surface area contributed by atoms with E-state index in [0.717, 1.165) is 19.3 Å². The van der Waals surface area contributed by atoms with Crippen molar-refractivity contribution in [2.45, 2.75) is 50.8 Å². The van der Waals surface area contributed by atoms with Crippen LogP contribution in [0, 0.1) is 5.82 Å². The van der Waals surface area contributed by atoms with Crippen molar-refractivity contribution >= 4 is 30.7 Å². The monoisotopic (exact) mass is 502 g/mol. The van der Waals surface area contributed by atoms with Gasteiger partial charge in [-0.2, -0.15) is 0 Å². The number of carbonyl (C=O) groups excluding carboxylic acids is 1. The molecule has 182 valence electrons. The Labute approximate surface area is 204 Å². The van der Waals surface area contributed by atoms with Crippen molar-refractivity contribution in [3.8, 4) is 11.1 Å². The Morgan fingerprint density at radius 1 is 1.27 bits per heavy atom. The number of likely N-dealkylation sites (N-methyl/N-ethyl adjacent to an activating group) is 1. The normalized spacial score (nSPS) is 23.5. The first-order chi connectivity index (χ1) is 15.8. The fourth-order valence-electron chi connectivity index (χ4n) is 3.74. The van der Waals surface area contributed by atoms with Gasteiger partial charge >= 0.3 is 0 Å². The largest absolute Gasteiger partial charge is 0.371 e. The fraction of sp³-hybridized carbons (Fsp3) is 0.458. The van der Waals surface area contributed by atoms with Gasteiger partial charge in [-0.25, -0.2) is 13.2 Å². The maximum atomic E-state index is 15.0. The van der Waals surface area contributed by atoms with Gasteiger partial charge < -0.3 is 9.53 Å². The predicted molar refractivity (Wildman–Crippen MR) is 130 cm³/mol. The van der Waals surface area contributed by atoms with Crippen LogP contribution >= 0.6 is 24.4 Å². The van der Waals surface area contributed by atoms with Crippen molar-refractivity contribution in [2.24, 2.45) is 0 Å². The lowest BCUT2D eigenvalue weighted by molar-refractivity contribution is -0.129. The van der Waals surface area contributed by atoms with Crippen LogP contribution in [0.1, 0.15) is 25.8 Å². The van der Waals surface area contributed by atoms with E-state index in [0.29, 0.717) is 21.7 Å². The van der Waals surface area contributed by atoms with Gasteiger partial charge in [-0.3, -0.25) is 9.62 Å². The average molecular weight is 503 g/mol. The highest BCUT2D eigenvalue weighted by atomic mass is 35.5. The highest BCUT2D eigenvalue weighted by Crippen LogP contribution is 2.35. The molecule has 2 fully saturated rings. The molecule has 0 bridgehead atoms. The first kappa shape index (κ1) is 27.7. The minimum atomic E-state index is -2.91. The van der Waals surface area contributed by atoms with Crippen LogP contribution < -0.4 is 4.72 Å². The number of thiol groups is 1. The minimum Gasteiger partial charge on any atom is -0.371 e. The molecule has 0 saturated carbocycles. The number of rotatable bonds is 5. The molecule has 1 N–H and O–H groups in total. The summed E-state index contributed by atoms with van der Waals surface area (Å²) in [5.41, 5.74) is 1.45. The van der Waals surface area contributed by atoms with E-state index in [9.17, 15) is 13.6 Å². The molecule has 9 heteroatoms. The van der Waals surface area contributed by atoms with E-state index in [1.54, 1.807) is 54.4 Å². The van der Waals surface area contributed by atoms with E-state index >= 15 is 4.39 Å². The molecular weight excluding hydrogens is 473 g/mol. The lowest BCUT2D eigenvalue weighted by Crippen LogP contribution is -2.45. The van der Waals surface area contributed by atoms with Crippen molar-refractivity contribution in [1.29, 1.82) is 0 Å². The number of carbonyl (C=O) groups is 1. The molecule has 3 atom stereocenters. The van der Waals surface area contributed by atoms with E-state index in [4.69, 9.17) is 16.3 Å². The van der Waals surface area contributed by atoms with E-state index in [2.05, 4.69) is 17.5 Å². The zero-order chi connectivity index (χ0) is 24.6. The van der Waals surface area contributed by atoms with Gasteiger partial charge in [0.05, 0.1) is 19.2 Å². The van der Waals surface area contributed by atoms with Crippen LogP contribution in [0.25, 0.3) is 11.1 Å². The molecule has 0 aromatic heterocycles. The minimum absolute atomic E-state index is 0.0648. The second-order valence-corrected chi connectivity index (χ2v) is 8.37. The Morgan fingerprint density at radius 3 is 2.45 bits per heavy atom. The number of likely N-dealkylation sites (tertiary alicyclic amines) is 1. The second-order valence-electron chi connectivity index (χ2n) is 7.68. The van der Waals surface area contributed by atoms with Crippen LogP contribution in [0.2, 0.25) is 5.02 Å². The summed E-state index contributed by atoms with van der Waals surface area (Å²) in [7, 11) is 1.61. The summed E-state index contributed by atoms with van der Waals surface area (Å²) in [6, 6.07) is 10.2. The summed E-state index contributed by atoms with van der Waals surface area (Å²) >= 11 is 9.83. The topological polar surface area (TPSA) is 41.6 Å². The van der Waals surface area contributed by atoms with Gasteiger partial charge in [0.1, 0.15) is 18.2 Å². The van der Waals surface area contributed by atoms with Gasteiger partial charge in [0, 0.05) is 23.0 Å². The van der Waals surface area contributed by atoms with Crippen molar-refractivity contribution in [3.05, 3.63) is 58.9 Å². The molecule has 2 aromatic carbocycles. The summed E-state index contributed by atoms with van der Waals surface area (Å²) in [5, 5.41) is 0.511. The van der Waals surface area contributed by atoms with E-state index in [1.807, 2.05) is 13.8 Å². The molecule has 33 heavy (non-hydrogen) atoms. The molecule has 0 spiro atoms. The zero-order valence-electron chi connectivity index (χ0n) is 18.9. The number of hydrogen-bond acceptors (Lipinski definition) is 5. The lowest BCUT2D eigenvalue weighted by atomic mass is 9.95. The van der Waals surface area contributed by atoms with Crippen LogP contribution in [-0.2, 0) is 16.0 Å². The molecular formula is C24H30ClF3N2O2S. The predicted octanol–water partition coefficient (Wildman–Crippen LogP) is 5.44. The third-order valence-corrected chi connectivity index (χ3v) is 6.05. The van der Waals surface area contributed by atoms with Gasteiger partial charge in [-0.1, -0.05) is 68.6 Å². The van der Waals surface area contributed by atoms with E-state index in [1.165, 1.54) is 0 Å². The number of hydrogen-bond donors (Lipinski definition) is 2. The van der Waals surface area contributed by atoms with Gasteiger partial charge in [0.25, 0.3) is 5.92 Å². The van der Waals surface area contributed by atoms with Gasteiger partial charge in [0.15, 0.2) is 0 Å². The quantitative estimate of drug-likeness (QED) is 0.422. The Morgan fingerprint density at radius 2 is 1.94 bits per heavy atom. The maximum Gasteiger partial charge on any atom is 0.277 e. The number of nitrogens with zero attached hydrogens (tertiary/aromatic N) is 1. The van der Waals surface area contributed by atoms with Crippen molar-refractivity contribution < 1.29 is 22.7 Å². The van der Waals surface area contributed by atoms with Crippen LogP contribution in [0.4, 0.5) is 13.2 Å². The average Bonchev–Trinajstić information content (AvgIpc) is 2.97. The van der Waals surface area contributed by atoms with Crippen LogP contribution in [0.3, 0.4) is 0 Å². The Bertz CT molecular complexity index is 915. The SMILES string of the molecule is CC.CN1CC(F)(F)C(NS)C1Cc1cccc(-c2cccc(Cl)c2)c1F.O=CC1CCO1. The standard InChI is InChI=1S/C18H18ClF3N2S.C4H6O2.C2H6/c1-24-10-18(21,22)17(23-25)15(24)9-12-5-3-7-14(16(12)20)11-4-2-6-13(19)8-11;5-3-4-1-2-6-4;1-2/h2-8,15,17,23,25H,9-10H2,1H3;3-4H,1-2H2;1-2H3. The highest BCUT2D eigenvalue weighted by molar-refractivity contribution is 7.78.